The minimum absolute atomic E-state index is 0.0560. The summed E-state index contributed by atoms with van der Waals surface area (Å²) < 4.78 is 0. The number of unbranched alkanes of at least 4 members (excludes halogenated alkanes) is 1. The van der Waals surface area contributed by atoms with Crippen molar-refractivity contribution in [2.45, 2.75) is 19.8 Å². The first-order valence-corrected chi connectivity index (χ1v) is 10.8. The van der Waals surface area contributed by atoms with Gasteiger partial charge in [0, 0.05) is 51.1 Å². The van der Waals surface area contributed by atoms with Gasteiger partial charge in [-0.05, 0) is 36.2 Å². The molecule has 9 heteroatoms. The van der Waals surface area contributed by atoms with Crippen LogP contribution in [0.15, 0.2) is 54.4 Å². The Morgan fingerprint density at radius 1 is 0.969 bits per heavy atom. The normalized spacial score (nSPS) is 16.8. The third kappa shape index (κ3) is 4.05. The van der Waals surface area contributed by atoms with Crippen LogP contribution in [0.5, 0.6) is 0 Å². The van der Waals surface area contributed by atoms with E-state index in [2.05, 4.69) is 9.88 Å². The van der Waals surface area contributed by atoms with Crippen molar-refractivity contribution < 1.29 is 14.5 Å². The Morgan fingerprint density at radius 3 is 2.25 bits per heavy atom. The van der Waals surface area contributed by atoms with Crippen LogP contribution in [-0.4, -0.2) is 64.2 Å². The van der Waals surface area contributed by atoms with E-state index in [1.54, 1.807) is 18.3 Å². The molecule has 9 nitrogen and oxygen atoms in total. The van der Waals surface area contributed by atoms with Gasteiger partial charge in [-0.15, -0.1) is 0 Å². The van der Waals surface area contributed by atoms with Gasteiger partial charge in [-0.1, -0.05) is 19.4 Å². The van der Waals surface area contributed by atoms with Gasteiger partial charge in [0.1, 0.15) is 11.5 Å². The minimum Gasteiger partial charge on any atom is -0.363 e. The van der Waals surface area contributed by atoms with E-state index in [-0.39, 0.29) is 17.5 Å². The molecule has 0 radical (unpaired) electrons. The zero-order valence-electron chi connectivity index (χ0n) is 17.9. The number of hydrogen-bond acceptors (Lipinski definition) is 7. The lowest BCUT2D eigenvalue weighted by Gasteiger charge is -2.37. The summed E-state index contributed by atoms with van der Waals surface area (Å²) >= 11 is 0. The number of amides is 2. The van der Waals surface area contributed by atoms with Crippen molar-refractivity contribution in [3.63, 3.8) is 0 Å². The predicted octanol–water partition coefficient (Wildman–Crippen LogP) is 2.69. The number of carbonyl (C=O) groups excluding carboxylic acids is 2. The maximum atomic E-state index is 13.3. The summed E-state index contributed by atoms with van der Waals surface area (Å²) in [5.74, 6) is 0.262. The highest BCUT2D eigenvalue weighted by atomic mass is 16.6. The fourth-order valence-electron chi connectivity index (χ4n) is 4.09. The van der Waals surface area contributed by atoms with Crippen LogP contribution in [0.1, 0.15) is 25.3 Å². The molecule has 0 atom stereocenters. The van der Waals surface area contributed by atoms with Crippen LogP contribution in [0, 0.1) is 10.1 Å². The Bertz CT molecular complexity index is 1040. The highest BCUT2D eigenvalue weighted by Crippen LogP contribution is 2.33. The standard InChI is InChI=1S/C23H25N5O4/c1-2-3-12-27-22(29)20(17-7-9-18(10-8-17)28(31)32)21(23(27)30)26-15-13-25(14-16-26)19-6-4-5-11-24-19/h4-11H,2-3,12-16H2,1H3. The third-order valence-electron chi connectivity index (χ3n) is 5.81. The average molecular weight is 435 g/mol. The number of rotatable bonds is 7. The van der Waals surface area contributed by atoms with Crippen LogP contribution in [0.2, 0.25) is 0 Å². The Labute approximate surface area is 186 Å². The van der Waals surface area contributed by atoms with Gasteiger partial charge in [0.05, 0.1) is 10.5 Å². The van der Waals surface area contributed by atoms with Crippen LogP contribution >= 0.6 is 0 Å². The van der Waals surface area contributed by atoms with Crippen LogP contribution in [0.3, 0.4) is 0 Å². The third-order valence-corrected chi connectivity index (χ3v) is 5.81. The van der Waals surface area contributed by atoms with E-state index < -0.39 is 4.92 Å². The summed E-state index contributed by atoms with van der Waals surface area (Å²) in [5, 5.41) is 11.0. The number of nitrogens with zero attached hydrogens (tertiary/aromatic N) is 5. The molecule has 166 valence electrons. The average Bonchev–Trinajstić information content (AvgIpc) is 3.07. The number of anilines is 1. The molecular formula is C23H25N5O4. The van der Waals surface area contributed by atoms with Gasteiger partial charge in [0.25, 0.3) is 17.5 Å². The molecule has 3 heterocycles. The van der Waals surface area contributed by atoms with E-state index in [0.29, 0.717) is 49.6 Å². The van der Waals surface area contributed by atoms with Crippen molar-refractivity contribution in [2.24, 2.45) is 0 Å². The number of pyridine rings is 1. The van der Waals surface area contributed by atoms with Crippen molar-refractivity contribution in [3.05, 3.63) is 70.0 Å². The molecule has 2 aliphatic rings. The van der Waals surface area contributed by atoms with Crippen LogP contribution in [0.4, 0.5) is 11.5 Å². The van der Waals surface area contributed by atoms with Gasteiger partial charge in [-0.2, -0.15) is 0 Å². The molecule has 0 bridgehead atoms. The fourth-order valence-corrected chi connectivity index (χ4v) is 4.09. The zero-order valence-corrected chi connectivity index (χ0v) is 17.9. The molecule has 1 aromatic carbocycles. The Morgan fingerprint density at radius 2 is 1.66 bits per heavy atom. The number of nitro groups is 1. The molecule has 2 aromatic rings. The van der Waals surface area contributed by atoms with Crippen LogP contribution in [0.25, 0.3) is 5.57 Å². The van der Waals surface area contributed by atoms with E-state index in [1.165, 1.54) is 17.0 Å². The number of carbonyl (C=O) groups is 2. The molecule has 4 rings (SSSR count). The van der Waals surface area contributed by atoms with Crippen molar-refractivity contribution >= 4 is 28.9 Å². The molecule has 32 heavy (non-hydrogen) atoms. The first-order chi connectivity index (χ1) is 15.5. The molecule has 1 aromatic heterocycles. The molecule has 2 aliphatic heterocycles. The number of aromatic nitrogens is 1. The predicted molar refractivity (Wildman–Crippen MR) is 120 cm³/mol. The Hall–Kier alpha value is -3.75. The van der Waals surface area contributed by atoms with Gasteiger partial charge < -0.3 is 9.80 Å². The number of imide groups is 1. The van der Waals surface area contributed by atoms with Crippen LogP contribution < -0.4 is 4.90 Å². The molecule has 0 spiro atoms. The number of nitro benzene ring substituents is 1. The Balaban J connectivity index is 1.64. The van der Waals surface area contributed by atoms with Gasteiger partial charge in [-0.3, -0.25) is 24.6 Å². The maximum Gasteiger partial charge on any atom is 0.277 e. The van der Waals surface area contributed by atoms with Gasteiger partial charge in [0.2, 0.25) is 0 Å². The smallest absolute Gasteiger partial charge is 0.277 e. The topological polar surface area (TPSA) is 99.9 Å². The second-order valence-corrected chi connectivity index (χ2v) is 7.81. The summed E-state index contributed by atoms with van der Waals surface area (Å²) in [7, 11) is 0. The van der Waals surface area contributed by atoms with E-state index in [4.69, 9.17) is 0 Å². The maximum absolute atomic E-state index is 13.3. The summed E-state index contributed by atoms with van der Waals surface area (Å²) in [6, 6.07) is 11.6. The van der Waals surface area contributed by atoms with E-state index in [9.17, 15) is 19.7 Å². The van der Waals surface area contributed by atoms with Crippen molar-refractivity contribution in [2.75, 3.05) is 37.6 Å². The highest BCUT2D eigenvalue weighted by Gasteiger charge is 2.41. The molecule has 1 fully saturated rings. The molecule has 0 saturated carbocycles. The molecule has 0 aliphatic carbocycles. The van der Waals surface area contributed by atoms with E-state index in [1.807, 2.05) is 30.0 Å². The molecule has 2 amide bonds. The minimum atomic E-state index is -0.481. The monoisotopic (exact) mass is 435 g/mol. The zero-order chi connectivity index (χ0) is 22.7. The van der Waals surface area contributed by atoms with Crippen LogP contribution in [-0.2, 0) is 9.59 Å². The summed E-state index contributed by atoms with van der Waals surface area (Å²) in [6.45, 7) is 4.86. The number of benzene rings is 1. The number of non-ortho nitro benzene ring substituents is 1. The lowest BCUT2D eigenvalue weighted by molar-refractivity contribution is -0.384. The molecular weight excluding hydrogens is 410 g/mol. The SMILES string of the molecule is CCCCN1C(=O)C(c2ccc([N+](=O)[O-])cc2)=C(N2CCN(c3ccccn3)CC2)C1=O. The van der Waals surface area contributed by atoms with E-state index in [0.717, 1.165) is 18.7 Å². The molecule has 0 unspecified atom stereocenters. The summed E-state index contributed by atoms with van der Waals surface area (Å²) in [5.41, 5.74) is 1.18. The van der Waals surface area contributed by atoms with Crippen molar-refractivity contribution in [1.29, 1.82) is 0 Å². The second-order valence-electron chi connectivity index (χ2n) is 7.81. The fraction of sp³-hybridized carbons (Fsp3) is 0.348. The van der Waals surface area contributed by atoms with E-state index >= 15 is 0 Å². The highest BCUT2D eigenvalue weighted by molar-refractivity contribution is 6.35. The first-order valence-electron chi connectivity index (χ1n) is 10.8. The lowest BCUT2D eigenvalue weighted by Crippen LogP contribution is -2.48. The summed E-state index contributed by atoms with van der Waals surface area (Å²) in [6.07, 6.45) is 3.34. The first kappa shape index (κ1) is 21.5. The van der Waals surface area contributed by atoms with Gasteiger partial charge in [-0.25, -0.2) is 4.98 Å². The summed E-state index contributed by atoms with van der Waals surface area (Å²) in [4.78, 5) is 46.9. The molecule has 1 saturated heterocycles. The van der Waals surface area contributed by atoms with Crippen molar-refractivity contribution in [3.8, 4) is 0 Å². The van der Waals surface area contributed by atoms with Gasteiger partial charge >= 0.3 is 0 Å². The number of piperazine rings is 1. The van der Waals surface area contributed by atoms with Crippen molar-refractivity contribution in [1.82, 2.24) is 14.8 Å². The molecule has 0 N–H and O–H groups in total. The lowest BCUT2D eigenvalue weighted by atomic mass is 10.0. The van der Waals surface area contributed by atoms with Gasteiger partial charge in [0.15, 0.2) is 0 Å². The number of hydrogen-bond donors (Lipinski definition) is 0. The largest absolute Gasteiger partial charge is 0.363 e. The second kappa shape index (κ2) is 9.17. The Kier molecular flexibility index (Phi) is 6.16. The quantitative estimate of drug-likeness (QED) is 0.374.